The highest BCUT2D eigenvalue weighted by molar-refractivity contribution is 5.54. The molecule has 1 aliphatic rings. The molecule has 4 nitrogen and oxygen atoms in total. The third-order valence-electron chi connectivity index (χ3n) is 3.08. The summed E-state index contributed by atoms with van der Waals surface area (Å²) in [6.07, 6.45) is 2.25. The number of benzene rings is 1. The van der Waals surface area contributed by atoms with Gasteiger partial charge in [0, 0.05) is 11.0 Å². The van der Waals surface area contributed by atoms with Gasteiger partial charge in [0.25, 0.3) is 5.89 Å². The first-order chi connectivity index (χ1) is 7.67. The lowest BCUT2D eigenvalue weighted by Gasteiger charge is -1.97. The highest BCUT2D eigenvalue weighted by Gasteiger charge is 2.43. The molecule has 0 bridgehead atoms. The summed E-state index contributed by atoms with van der Waals surface area (Å²) in [4.78, 5) is 4.38. The molecule has 0 radical (unpaired) electrons. The van der Waals surface area contributed by atoms with Crippen molar-refractivity contribution in [3.63, 3.8) is 0 Å². The van der Waals surface area contributed by atoms with Gasteiger partial charge >= 0.3 is 0 Å². The molecule has 1 fully saturated rings. The van der Waals surface area contributed by atoms with Crippen LogP contribution < -0.4 is 0 Å². The largest absolute Gasteiger partial charge is 0.508 e. The number of nitrogens with zero attached hydrogens (tertiary/aromatic N) is 2. The molecule has 0 amide bonds. The van der Waals surface area contributed by atoms with Crippen LogP contribution in [0.2, 0.25) is 0 Å². The third-order valence-corrected chi connectivity index (χ3v) is 3.08. The van der Waals surface area contributed by atoms with Crippen LogP contribution in [-0.2, 0) is 5.41 Å². The van der Waals surface area contributed by atoms with Crippen LogP contribution in [0.3, 0.4) is 0 Å². The third kappa shape index (κ3) is 1.46. The van der Waals surface area contributed by atoms with E-state index in [0.29, 0.717) is 5.89 Å². The average Bonchev–Trinajstić information content (AvgIpc) is 2.84. The molecule has 4 heteroatoms. The lowest BCUT2D eigenvalue weighted by atomic mass is 10.1. The van der Waals surface area contributed by atoms with Crippen molar-refractivity contribution in [2.24, 2.45) is 0 Å². The zero-order valence-corrected chi connectivity index (χ0v) is 8.97. The van der Waals surface area contributed by atoms with Crippen LogP contribution >= 0.6 is 0 Å². The van der Waals surface area contributed by atoms with Crippen molar-refractivity contribution in [2.45, 2.75) is 25.2 Å². The smallest absolute Gasteiger partial charge is 0.257 e. The fraction of sp³-hybridized carbons (Fsp3) is 0.333. The van der Waals surface area contributed by atoms with Crippen molar-refractivity contribution in [1.82, 2.24) is 10.1 Å². The second-order valence-electron chi connectivity index (χ2n) is 4.53. The summed E-state index contributed by atoms with van der Waals surface area (Å²) in [5.41, 5.74) is 0.958. The zero-order valence-electron chi connectivity index (χ0n) is 8.97. The normalized spacial score (nSPS) is 17.3. The zero-order chi connectivity index (χ0) is 11.2. The summed E-state index contributed by atoms with van der Waals surface area (Å²) < 4.78 is 5.21. The Morgan fingerprint density at radius 2 is 1.94 bits per heavy atom. The van der Waals surface area contributed by atoms with Crippen molar-refractivity contribution in [2.75, 3.05) is 0 Å². The molecule has 1 heterocycles. The Bertz CT molecular complexity index is 512. The van der Waals surface area contributed by atoms with E-state index in [2.05, 4.69) is 17.1 Å². The van der Waals surface area contributed by atoms with Gasteiger partial charge < -0.3 is 9.63 Å². The van der Waals surface area contributed by atoms with Crippen LogP contribution in [0, 0.1) is 0 Å². The minimum Gasteiger partial charge on any atom is -0.508 e. The van der Waals surface area contributed by atoms with Crippen LogP contribution in [-0.4, -0.2) is 15.2 Å². The van der Waals surface area contributed by atoms with E-state index in [9.17, 15) is 5.11 Å². The number of aromatic hydroxyl groups is 1. The van der Waals surface area contributed by atoms with Crippen LogP contribution in [0.4, 0.5) is 0 Å². The molecule has 3 rings (SSSR count). The second-order valence-corrected chi connectivity index (χ2v) is 4.53. The van der Waals surface area contributed by atoms with Gasteiger partial charge in [0.15, 0.2) is 5.82 Å². The number of rotatable bonds is 2. The molecule has 16 heavy (non-hydrogen) atoms. The predicted octanol–water partition coefficient (Wildman–Crippen LogP) is 2.49. The summed E-state index contributed by atoms with van der Waals surface area (Å²) in [5, 5.41) is 13.2. The number of hydrogen-bond acceptors (Lipinski definition) is 4. The van der Waals surface area contributed by atoms with Crippen molar-refractivity contribution in [3.05, 3.63) is 30.1 Å². The Morgan fingerprint density at radius 3 is 2.56 bits per heavy atom. The van der Waals surface area contributed by atoms with Gasteiger partial charge in [-0.15, -0.1) is 0 Å². The Morgan fingerprint density at radius 1 is 1.25 bits per heavy atom. The highest BCUT2D eigenvalue weighted by Crippen LogP contribution is 2.46. The van der Waals surface area contributed by atoms with E-state index in [4.69, 9.17) is 4.52 Å². The van der Waals surface area contributed by atoms with Crippen molar-refractivity contribution >= 4 is 0 Å². The molecule has 0 aliphatic heterocycles. The van der Waals surface area contributed by atoms with Gasteiger partial charge in [-0.1, -0.05) is 12.1 Å². The van der Waals surface area contributed by atoms with Crippen molar-refractivity contribution in [3.8, 4) is 17.2 Å². The predicted molar refractivity (Wildman–Crippen MR) is 58.0 cm³/mol. The van der Waals surface area contributed by atoms with Crippen LogP contribution in [0.1, 0.15) is 25.6 Å². The maximum atomic E-state index is 9.18. The Kier molecular flexibility index (Phi) is 1.80. The average molecular weight is 216 g/mol. The van der Waals surface area contributed by atoms with E-state index in [1.807, 2.05) is 0 Å². The standard InChI is InChI=1S/C12H12N2O2/c1-12(6-7-12)11-13-10(16-14-11)8-2-4-9(15)5-3-8/h2-5,15H,6-7H2,1H3. The Labute approximate surface area is 92.9 Å². The highest BCUT2D eigenvalue weighted by atomic mass is 16.5. The maximum absolute atomic E-state index is 9.18. The summed E-state index contributed by atoms with van der Waals surface area (Å²) in [7, 11) is 0. The monoisotopic (exact) mass is 216 g/mol. The minimum absolute atomic E-state index is 0.124. The SMILES string of the molecule is CC1(c2noc(-c3ccc(O)cc3)n2)CC1. The number of phenols is 1. The van der Waals surface area contributed by atoms with E-state index in [0.717, 1.165) is 24.2 Å². The molecule has 0 saturated heterocycles. The maximum Gasteiger partial charge on any atom is 0.257 e. The molecule has 1 saturated carbocycles. The van der Waals surface area contributed by atoms with E-state index < -0.39 is 0 Å². The lowest BCUT2D eigenvalue weighted by Crippen LogP contribution is -2.01. The van der Waals surface area contributed by atoms with Gasteiger partial charge in [-0.05, 0) is 37.1 Å². The number of hydrogen-bond donors (Lipinski definition) is 1. The molecule has 1 aliphatic carbocycles. The van der Waals surface area contributed by atoms with Gasteiger partial charge in [0.05, 0.1) is 0 Å². The van der Waals surface area contributed by atoms with E-state index in [1.165, 1.54) is 0 Å². The summed E-state index contributed by atoms with van der Waals surface area (Å²) >= 11 is 0. The van der Waals surface area contributed by atoms with Crippen molar-refractivity contribution in [1.29, 1.82) is 0 Å². The fourth-order valence-electron chi connectivity index (χ4n) is 1.60. The molecule has 0 atom stereocenters. The molecule has 82 valence electrons. The molecular weight excluding hydrogens is 204 g/mol. The summed E-state index contributed by atoms with van der Waals surface area (Å²) in [5.74, 6) is 1.54. The molecule has 2 aromatic rings. The summed E-state index contributed by atoms with van der Waals surface area (Å²) in [6.45, 7) is 2.14. The molecule has 1 aromatic heterocycles. The van der Waals surface area contributed by atoms with Crippen LogP contribution in [0.15, 0.2) is 28.8 Å². The van der Waals surface area contributed by atoms with E-state index in [-0.39, 0.29) is 11.2 Å². The minimum atomic E-state index is 0.124. The Hall–Kier alpha value is -1.84. The first-order valence-electron chi connectivity index (χ1n) is 5.31. The summed E-state index contributed by atoms with van der Waals surface area (Å²) in [6, 6.07) is 6.75. The van der Waals surface area contributed by atoms with E-state index in [1.54, 1.807) is 24.3 Å². The first kappa shape index (κ1) is 9.39. The van der Waals surface area contributed by atoms with Gasteiger partial charge in [0.1, 0.15) is 5.75 Å². The molecule has 0 spiro atoms. The van der Waals surface area contributed by atoms with Gasteiger partial charge in [-0.25, -0.2) is 0 Å². The first-order valence-corrected chi connectivity index (χ1v) is 5.31. The van der Waals surface area contributed by atoms with E-state index >= 15 is 0 Å². The van der Waals surface area contributed by atoms with Gasteiger partial charge in [0.2, 0.25) is 0 Å². The molecule has 0 unspecified atom stereocenters. The Balaban J connectivity index is 1.95. The van der Waals surface area contributed by atoms with Gasteiger partial charge in [-0.2, -0.15) is 4.98 Å². The molecule has 1 N–H and O–H groups in total. The lowest BCUT2D eigenvalue weighted by molar-refractivity contribution is 0.415. The van der Waals surface area contributed by atoms with Crippen LogP contribution in [0.5, 0.6) is 5.75 Å². The van der Waals surface area contributed by atoms with Gasteiger partial charge in [-0.3, -0.25) is 0 Å². The molecule has 1 aromatic carbocycles. The van der Waals surface area contributed by atoms with Crippen LogP contribution in [0.25, 0.3) is 11.5 Å². The number of aromatic nitrogens is 2. The quantitative estimate of drug-likeness (QED) is 0.837. The molecular formula is C12H12N2O2. The van der Waals surface area contributed by atoms with Crippen molar-refractivity contribution < 1.29 is 9.63 Å². The fourth-order valence-corrected chi connectivity index (χ4v) is 1.60. The number of phenolic OH excluding ortho intramolecular Hbond substituents is 1. The topological polar surface area (TPSA) is 59.2 Å². The second kappa shape index (κ2) is 3.07.